The van der Waals surface area contributed by atoms with Gasteiger partial charge in [-0.1, -0.05) is 37.3 Å². The number of hydrogen-bond donors (Lipinski definition) is 3. The van der Waals surface area contributed by atoms with Crippen molar-refractivity contribution in [1.29, 1.82) is 0 Å². The molecule has 0 saturated carbocycles. The van der Waals surface area contributed by atoms with Gasteiger partial charge in [0.15, 0.2) is 0 Å². The first kappa shape index (κ1) is 21.7. The Morgan fingerprint density at radius 1 is 1.29 bits per heavy atom. The summed E-state index contributed by atoms with van der Waals surface area (Å²) in [6.07, 6.45) is 2.83. The Morgan fingerprint density at radius 3 is 2.77 bits per heavy atom. The molecule has 31 heavy (non-hydrogen) atoms. The predicted molar refractivity (Wildman–Crippen MR) is 129 cm³/mol. The van der Waals surface area contributed by atoms with E-state index in [0.717, 1.165) is 35.4 Å². The second kappa shape index (κ2) is 9.34. The largest absolute Gasteiger partial charge is 0.390 e. The van der Waals surface area contributed by atoms with Crippen LogP contribution in [0, 0.1) is 0 Å². The molecule has 2 atom stereocenters. The van der Waals surface area contributed by atoms with Crippen molar-refractivity contribution in [3.63, 3.8) is 0 Å². The first-order valence-corrected chi connectivity index (χ1v) is 11.7. The number of hydrogen-bond acceptors (Lipinski definition) is 5. The minimum Gasteiger partial charge on any atom is -0.390 e. The van der Waals surface area contributed by atoms with Gasteiger partial charge in [-0.2, -0.15) is 0 Å². The normalized spacial score (nSPS) is 15.5. The highest BCUT2D eigenvalue weighted by Crippen LogP contribution is 2.37. The van der Waals surface area contributed by atoms with Crippen LogP contribution in [0.15, 0.2) is 48.7 Å². The molecule has 164 valence electrons. The molecule has 1 aliphatic heterocycles. The van der Waals surface area contributed by atoms with E-state index in [9.17, 15) is 9.90 Å². The van der Waals surface area contributed by atoms with Crippen molar-refractivity contribution in [2.75, 3.05) is 23.7 Å². The lowest BCUT2D eigenvalue weighted by Crippen LogP contribution is -2.47. The first-order chi connectivity index (χ1) is 15.0. The number of aryl methyl sites for hydroxylation is 2. The van der Waals surface area contributed by atoms with Crippen LogP contribution in [0.5, 0.6) is 0 Å². The maximum atomic E-state index is 13.3. The molecule has 4 N–H and O–H groups in total. The molecule has 3 aromatic rings. The third-order valence-corrected chi connectivity index (χ3v) is 6.90. The van der Waals surface area contributed by atoms with E-state index in [2.05, 4.69) is 27.3 Å². The molecule has 0 fully saturated rings. The van der Waals surface area contributed by atoms with Gasteiger partial charge in [-0.05, 0) is 48.0 Å². The Kier molecular flexibility index (Phi) is 6.55. The molecule has 0 radical (unpaired) electrons. The van der Waals surface area contributed by atoms with Crippen molar-refractivity contribution in [2.45, 2.75) is 38.5 Å². The fraction of sp³-hybridized carbons (Fsp3) is 0.375. The van der Waals surface area contributed by atoms with E-state index in [1.165, 1.54) is 11.1 Å². The number of rotatable bonds is 7. The number of aromatic nitrogens is 1. The van der Waals surface area contributed by atoms with E-state index in [-0.39, 0.29) is 12.5 Å². The molecule has 2 heterocycles. The summed E-state index contributed by atoms with van der Waals surface area (Å²) in [6.45, 7) is 3.18. The summed E-state index contributed by atoms with van der Waals surface area (Å²) in [5.74, 6) is 0.797. The number of amides is 1. The minimum atomic E-state index is -0.819. The van der Waals surface area contributed by atoms with E-state index >= 15 is 0 Å². The van der Waals surface area contributed by atoms with E-state index in [0.29, 0.717) is 12.0 Å². The quantitative estimate of drug-likeness (QED) is 0.494. The summed E-state index contributed by atoms with van der Waals surface area (Å²) >= 11 is 1.76. The third kappa shape index (κ3) is 4.44. The van der Waals surface area contributed by atoms with Gasteiger partial charge in [-0.15, -0.1) is 0 Å². The van der Waals surface area contributed by atoms with Crippen LogP contribution in [-0.4, -0.2) is 47.1 Å². The van der Waals surface area contributed by atoms with Crippen LogP contribution in [-0.2, 0) is 19.4 Å². The van der Waals surface area contributed by atoms with Gasteiger partial charge in [0, 0.05) is 43.0 Å². The summed E-state index contributed by atoms with van der Waals surface area (Å²) in [5.41, 5.74) is 10.9. The standard InChI is InChI=1S/C24H30N4O2S/c1-3-17-15-28-9-10-31-27(2)21-13-18(12-19(17)23(21)28)24(30)26-20(22(29)14-25)11-16-7-5-4-6-8-16/h4-8,12-13,15,20,22,29H,3,9-11,14,25H2,1-2H3,(H,26,30)/t20-,22+/m0/s1. The van der Waals surface area contributed by atoms with Gasteiger partial charge in [-0.25, -0.2) is 0 Å². The third-order valence-electron chi connectivity index (χ3n) is 5.95. The number of nitrogens with two attached hydrogens (primary N) is 1. The maximum Gasteiger partial charge on any atom is 0.251 e. The lowest BCUT2D eigenvalue weighted by Gasteiger charge is -2.24. The molecule has 2 aromatic carbocycles. The zero-order chi connectivity index (χ0) is 22.0. The van der Waals surface area contributed by atoms with Gasteiger partial charge in [0.1, 0.15) is 0 Å². The van der Waals surface area contributed by atoms with E-state index in [4.69, 9.17) is 5.73 Å². The first-order valence-electron chi connectivity index (χ1n) is 10.8. The molecule has 0 saturated heterocycles. The summed E-state index contributed by atoms with van der Waals surface area (Å²) < 4.78 is 4.45. The lowest BCUT2D eigenvalue weighted by molar-refractivity contribution is 0.0846. The molecule has 0 bridgehead atoms. The molecule has 7 heteroatoms. The zero-order valence-electron chi connectivity index (χ0n) is 18.0. The Bertz CT molecular complexity index is 1070. The molecule has 4 rings (SSSR count). The van der Waals surface area contributed by atoms with Crippen molar-refractivity contribution in [2.24, 2.45) is 5.73 Å². The average molecular weight is 439 g/mol. The monoisotopic (exact) mass is 438 g/mol. The number of anilines is 1. The maximum absolute atomic E-state index is 13.3. The Balaban J connectivity index is 1.68. The topological polar surface area (TPSA) is 83.5 Å². The lowest BCUT2D eigenvalue weighted by atomic mass is 10.00. The van der Waals surface area contributed by atoms with Crippen LogP contribution in [0.2, 0.25) is 0 Å². The zero-order valence-corrected chi connectivity index (χ0v) is 18.9. The Morgan fingerprint density at radius 2 is 2.06 bits per heavy atom. The highest BCUT2D eigenvalue weighted by molar-refractivity contribution is 8.00. The van der Waals surface area contributed by atoms with Gasteiger partial charge in [-0.3, -0.25) is 4.79 Å². The molecular weight excluding hydrogens is 408 g/mol. The van der Waals surface area contributed by atoms with Crippen LogP contribution in [0.25, 0.3) is 10.9 Å². The van der Waals surface area contributed by atoms with Crippen LogP contribution < -0.4 is 15.4 Å². The highest BCUT2D eigenvalue weighted by atomic mass is 32.2. The Hall–Kier alpha value is -2.48. The number of carbonyl (C=O) groups is 1. The van der Waals surface area contributed by atoms with Crippen molar-refractivity contribution in [1.82, 2.24) is 9.88 Å². The molecule has 0 aliphatic carbocycles. The van der Waals surface area contributed by atoms with Gasteiger partial charge < -0.3 is 25.0 Å². The predicted octanol–water partition coefficient (Wildman–Crippen LogP) is 2.96. The summed E-state index contributed by atoms with van der Waals surface area (Å²) in [7, 11) is 2.05. The van der Waals surface area contributed by atoms with Crippen molar-refractivity contribution >= 4 is 34.4 Å². The van der Waals surface area contributed by atoms with Crippen molar-refractivity contribution in [3.05, 3.63) is 65.4 Å². The van der Waals surface area contributed by atoms with Gasteiger partial charge in [0.05, 0.1) is 23.3 Å². The number of carbonyl (C=O) groups excluding carboxylic acids is 1. The molecule has 1 aliphatic rings. The van der Waals surface area contributed by atoms with Crippen molar-refractivity contribution < 1.29 is 9.90 Å². The number of nitrogens with one attached hydrogen (secondary N) is 1. The smallest absolute Gasteiger partial charge is 0.251 e. The molecule has 1 aromatic heterocycles. The molecule has 0 unspecified atom stereocenters. The fourth-order valence-corrected chi connectivity index (χ4v) is 5.06. The fourth-order valence-electron chi connectivity index (χ4n) is 4.23. The number of nitrogens with zero attached hydrogens (tertiary/aromatic N) is 2. The van der Waals surface area contributed by atoms with E-state index in [1.54, 1.807) is 11.9 Å². The van der Waals surface area contributed by atoms with Gasteiger partial charge >= 0.3 is 0 Å². The summed E-state index contributed by atoms with van der Waals surface area (Å²) in [4.78, 5) is 13.3. The van der Waals surface area contributed by atoms with Crippen LogP contribution in [0.1, 0.15) is 28.4 Å². The molecule has 1 amide bonds. The van der Waals surface area contributed by atoms with Gasteiger partial charge in [0.25, 0.3) is 5.91 Å². The molecule has 0 spiro atoms. The van der Waals surface area contributed by atoms with Crippen LogP contribution in [0.4, 0.5) is 5.69 Å². The second-order valence-electron chi connectivity index (χ2n) is 8.00. The van der Waals surface area contributed by atoms with Crippen LogP contribution in [0.3, 0.4) is 0 Å². The SMILES string of the molecule is CCc1cn2c3c(cc(C(=O)N[C@@H](Cc4ccccc4)[C@H](O)CN)cc13)N(C)SCC2. The van der Waals surface area contributed by atoms with Crippen molar-refractivity contribution in [3.8, 4) is 0 Å². The molecule has 6 nitrogen and oxygen atoms in total. The van der Waals surface area contributed by atoms with Gasteiger partial charge in [0.2, 0.25) is 0 Å². The average Bonchev–Trinajstić information content (AvgIpc) is 3.07. The summed E-state index contributed by atoms with van der Waals surface area (Å²) in [6, 6.07) is 13.3. The summed E-state index contributed by atoms with van der Waals surface area (Å²) in [5, 5.41) is 14.6. The molecular formula is C24H30N4O2S. The Labute approximate surface area is 187 Å². The van der Waals surface area contributed by atoms with E-state index in [1.807, 2.05) is 49.5 Å². The van der Waals surface area contributed by atoms with Crippen LogP contribution >= 0.6 is 11.9 Å². The van der Waals surface area contributed by atoms with E-state index < -0.39 is 12.1 Å². The number of aliphatic hydroxyl groups excluding tert-OH is 1. The minimum absolute atomic E-state index is 0.0876. The number of benzene rings is 2. The highest BCUT2D eigenvalue weighted by Gasteiger charge is 2.24. The second-order valence-corrected chi connectivity index (χ2v) is 9.21. The number of aliphatic hydroxyl groups is 1.